The summed E-state index contributed by atoms with van der Waals surface area (Å²) < 4.78 is 63.9. The number of halogens is 5. The van der Waals surface area contributed by atoms with Crippen molar-refractivity contribution < 1.29 is 26.7 Å². The molecular weight excluding hydrogens is 283 g/mol. The molecule has 2 aromatic rings. The molecule has 106 valence electrons. The van der Waals surface area contributed by atoms with E-state index in [4.69, 9.17) is 0 Å². The molecular formula is C12H7F5N2O. The molecule has 1 heterocycles. The Hall–Kier alpha value is -2.25. The number of Topliss-reactive ketones (excluding diaryl/α,β-unsaturated/α-hetero) is 1. The summed E-state index contributed by atoms with van der Waals surface area (Å²) in [5.41, 5.74) is -1.70. The zero-order valence-electron chi connectivity index (χ0n) is 9.79. The maximum atomic E-state index is 13.3. The SMILES string of the molecule is O=C(Cn1ccc(C(F)(F)F)n1)c1cc(F)ccc1F. The average molecular weight is 290 g/mol. The van der Waals surface area contributed by atoms with Crippen molar-refractivity contribution in [2.75, 3.05) is 0 Å². The summed E-state index contributed by atoms with van der Waals surface area (Å²) in [6, 6.07) is 2.98. The number of rotatable bonds is 3. The van der Waals surface area contributed by atoms with Crippen LogP contribution in [0.15, 0.2) is 30.5 Å². The molecule has 3 nitrogen and oxygen atoms in total. The number of hydrogen-bond acceptors (Lipinski definition) is 2. The molecule has 0 aliphatic rings. The lowest BCUT2D eigenvalue weighted by Gasteiger charge is -2.04. The number of hydrogen-bond donors (Lipinski definition) is 0. The van der Waals surface area contributed by atoms with E-state index in [2.05, 4.69) is 5.10 Å². The van der Waals surface area contributed by atoms with Gasteiger partial charge in [-0.3, -0.25) is 9.48 Å². The fourth-order valence-electron chi connectivity index (χ4n) is 1.54. The van der Waals surface area contributed by atoms with Crippen LogP contribution in [0.25, 0.3) is 0 Å². The Morgan fingerprint density at radius 2 is 1.90 bits per heavy atom. The number of alkyl halides is 3. The molecule has 0 N–H and O–H groups in total. The molecule has 1 aromatic heterocycles. The smallest absolute Gasteiger partial charge is 0.292 e. The maximum Gasteiger partial charge on any atom is 0.435 e. The van der Waals surface area contributed by atoms with Gasteiger partial charge in [0.1, 0.15) is 18.2 Å². The van der Waals surface area contributed by atoms with Crippen molar-refractivity contribution in [2.24, 2.45) is 0 Å². The number of carbonyl (C=O) groups is 1. The van der Waals surface area contributed by atoms with Crippen LogP contribution >= 0.6 is 0 Å². The van der Waals surface area contributed by atoms with Gasteiger partial charge >= 0.3 is 6.18 Å². The molecule has 0 amide bonds. The standard InChI is InChI=1S/C12H7F5N2O/c13-7-1-2-9(14)8(5-7)10(20)6-19-4-3-11(18-19)12(15,16)17/h1-5H,6H2. The number of benzene rings is 1. The Morgan fingerprint density at radius 3 is 2.50 bits per heavy atom. The van der Waals surface area contributed by atoms with E-state index in [0.717, 1.165) is 23.0 Å². The van der Waals surface area contributed by atoms with Crippen LogP contribution in [0.1, 0.15) is 16.1 Å². The lowest BCUT2D eigenvalue weighted by molar-refractivity contribution is -0.141. The highest BCUT2D eigenvalue weighted by atomic mass is 19.4. The van der Waals surface area contributed by atoms with Gasteiger partial charge in [0.2, 0.25) is 0 Å². The highest BCUT2D eigenvalue weighted by molar-refractivity contribution is 5.96. The first-order valence-electron chi connectivity index (χ1n) is 5.36. The summed E-state index contributed by atoms with van der Waals surface area (Å²) in [4.78, 5) is 11.7. The Morgan fingerprint density at radius 1 is 1.20 bits per heavy atom. The third kappa shape index (κ3) is 3.01. The monoisotopic (exact) mass is 290 g/mol. The molecule has 0 atom stereocenters. The van der Waals surface area contributed by atoms with Gasteiger partial charge in [-0.1, -0.05) is 0 Å². The first-order valence-corrected chi connectivity index (χ1v) is 5.36. The average Bonchev–Trinajstić information content (AvgIpc) is 2.80. The second-order valence-corrected chi connectivity index (χ2v) is 3.94. The summed E-state index contributed by atoms with van der Waals surface area (Å²) in [6.45, 7) is -0.615. The predicted octanol–water partition coefficient (Wildman–Crippen LogP) is 3.06. The lowest BCUT2D eigenvalue weighted by Crippen LogP contribution is -2.14. The normalized spacial score (nSPS) is 11.7. The highest BCUT2D eigenvalue weighted by Crippen LogP contribution is 2.27. The van der Waals surface area contributed by atoms with Gasteiger partial charge in [-0.25, -0.2) is 8.78 Å². The molecule has 8 heteroatoms. The van der Waals surface area contributed by atoms with Crippen LogP contribution in [-0.2, 0) is 12.7 Å². The van der Waals surface area contributed by atoms with E-state index in [1.807, 2.05) is 0 Å². The molecule has 0 saturated carbocycles. The van der Waals surface area contributed by atoms with Crippen LogP contribution in [0.5, 0.6) is 0 Å². The van der Waals surface area contributed by atoms with Gasteiger partial charge in [-0.15, -0.1) is 0 Å². The summed E-state index contributed by atoms with van der Waals surface area (Å²) in [6.07, 6.45) is -3.68. The van der Waals surface area contributed by atoms with Crippen molar-refractivity contribution >= 4 is 5.78 Å². The molecule has 0 aliphatic heterocycles. The van der Waals surface area contributed by atoms with Gasteiger partial charge in [0.05, 0.1) is 5.56 Å². The third-order valence-electron chi connectivity index (χ3n) is 2.47. The van der Waals surface area contributed by atoms with E-state index < -0.39 is 41.4 Å². The Bertz CT molecular complexity index is 648. The van der Waals surface area contributed by atoms with Gasteiger partial charge in [0.25, 0.3) is 0 Å². The van der Waals surface area contributed by atoms with E-state index in [1.54, 1.807) is 0 Å². The third-order valence-corrected chi connectivity index (χ3v) is 2.47. The quantitative estimate of drug-likeness (QED) is 0.643. The Labute approximate surface area is 109 Å². The number of nitrogens with zero attached hydrogens (tertiary/aromatic N) is 2. The van der Waals surface area contributed by atoms with Crippen LogP contribution in [0.2, 0.25) is 0 Å². The van der Waals surface area contributed by atoms with Gasteiger partial charge in [-0.05, 0) is 24.3 Å². The summed E-state index contributed by atoms with van der Waals surface area (Å²) >= 11 is 0. The van der Waals surface area contributed by atoms with Gasteiger partial charge in [-0.2, -0.15) is 18.3 Å². The molecule has 0 bridgehead atoms. The van der Waals surface area contributed by atoms with Crippen LogP contribution in [-0.4, -0.2) is 15.6 Å². The van der Waals surface area contributed by atoms with E-state index in [1.165, 1.54) is 0 Å². The molecule has 2 rings (SSSR count). The first kappa shape index (κ1) is 14.2. The number of ketones is 1. The molecule has 0 aliphatic carbocycles. The van der Waals surface area contributed by atoms with Gasteiger partial charge in [0.15, 0.2) is 11.5 Å². The van der Waals surface area contributed by atoms with Gasteiger partial charge in [0, 0.05) is 6.20 Å². The fourth-order valence-corrected chi connectivity index (χ4v) is 1.54. The second-order valence-electron chi connectivity index (χ2n) is 3.94. The van der Waals surface area contributed by atoms with Crippen LogP contribution in [0, 0.1) is 11.6 Å². The Kier molecular flexibility index (Phi) is 3.56. The van der Waals surface area contributed by atoms with Crippen molar-refractivity contribution in [1.82, 2.24) is 9.78 Å². The van der Waals surface area contributed by atoms with E-state index in [-0.39, 0.29) is 0 Å². The van der Waals surface area contributed by atoms with Crippen molar-refractivity contribution in [1.29, 1.82) is 0 Å². The fraction of sp³-hybridized carbons (Fsp3) is 0.167. The van der Waals surface area contributed by atoms with Crippen LogP contribution in [0.4, 0.5) is 22.0 Å². The van der Waals surface area contributed by atoms with Crippen molar-refractivity contribution in [3.05, 3.63) is 53.4 Å². The second kappa shape index (κ2) is 5.03. The molecule has 1 aromatic carbocycles. The van der Waals surface area contributed by atoms with Crippen molar-refractivity contribution in [3.63, 3.8) is 0 Å². The largest absolute Gasteiger partial charge is 0.435 e. The zero-order chi connectivity index (χ0) is 14.9. The molecule has 0 fully saturated rings. The highest BCUT2D eigenvalue weighted by Gasteiger charge is 2.33. The number of carbonyl (C=O) groups excluding carboxylic acids is 1. The first-order chi connectivity index (χ1) is 9.27. The maximum absolute atomic E-state index is 13.3. The van der Waals surface area contributed by atoms with E-state index in [9.17, 15) is 26.7 Å². The molecule has 20 heavy (non-hydrogen) atoms. The summed E-state index contributed by atoms with van der Waals surface area (Å²) in [5, 5.41) is 3.15. The lowest BCUT2D eigenvalue weighted by atomic mass is 10.1. The zero-order valence-corrected chi connectivity index (χ0v) is 9.79. The van der Waals surface area contributed by atoms with Crippen LogP contribution in [0.3, 0.4) is 0 Å². The van der Waals surface area contributed by atoms with Crippen molar-refractivity contribution in [2.45, 2.75) is 12.7 Å². The van der Waals surface area contributed by atoms with E-state index >= 15 is 0 Å². The minimum atomic E-state index is -4.63. The molecule has 0 saturated heterocycles. The minimum absolute atomic E-state index is 0.533. The summed E-state index contributed by atoms with van der Waals surface area (Å²) in [5.74, 6) is -2.63. The topological polar surface area (TPSA) is 34.9 Å². The molecule has 0 radical (unpaired) electrons. The van der Waals surface area contributed by atoms with E-state index in [0.29, 0.717) is 12.1 Å². The van der Waals surface area contributed by atoms with Crippen LogP contribution < -0.4 is 0 Å². The summed E-state index contributed by atoms with van der Waals surface area (Å²) in [7, 11) is 0. The predicted molar refractivity (Wildman–Crippen MR) is 57.9 cm³/mol. The van der Waals surface area contributed by atoms with Crippen molar-refractivity contribution in [3.8, 4) is 0 Å². The molecule has 0 unspecified atom stereocenters. The minimum Gasteiger partial charge on any atom is -0.292 e. The van der Waals surface area contributed by atoms with Gasteiger partial charge < -0.3 is 0 Å². The number of aromatic nitrogens is 2. The Balaban J connectivity index is 2.20. The molecule has 0 spiro atoms.